The molecule has 0 aliphatic carbocycles. The normalized spacial score (nSPS) is 18.9. The molecule has 6 heteroatoms. The van der Waals surface area contributed by atoms with Crippen LogP contribution in [0.3, 0.4) is 0 Å². The van der Waals surface area contributed by atoms with Crippen LogP contribution in [0.15, 0.2) is 12.3 Å². The van der Waals surface area contributed by atoms with Gasteiger partial charge in [-0.15, -0.1) is 0 Å². The first-order valence-electron chi connectivity index (χ1n) is 3.57. The van der Waals surface area contributed by atoms with Crippen LogP contribution < -0.4 is 5.32 Å². The van der Waals surface area contributed by atoms with Gasteiger partial charge in [0.15, 0.2) is 0 Å². The highest BCUT2D eigenvalue weighted by Crippen LogP contribution is 2.09. The number of hydrogen-bond donors (Lipinski definition) is 2. The Morgan fingerprint density at radius 2 is 2.31 bits per heavy atom. The fraction of sp³-hybridized carbons (Fsp3) is 0.429. The Hall–Kier alpha value is -1.56. The molecule has 0 spiro atoms. The number of esters is 1. The van der Waals surface area contributed by atoms with Crippen LogP contribution >= 0.6 is 0 Å². The fourth-order valence-corrected chi connectivity index (χ4v) is 0.600. The van der Waals surface area contributed by atoms with Gasteiger partial charge in [-0.2, -0.15) is 0 Å². The molecular formula is C7H9NO5. The van der Waals surface area contributed by atoms with Crippen molar-refractivity contribution in [3.8, 4) is 0 Å². The van der Waals surface area contributed by atoms with Gasteiger partial charge in [-0.1, -0.05) is 6.58 Å². The standard InChI is InChI=1S/C7H9NO5/c1-4(8-7(10)11)6(9)13-3-5-2-12-5/h5,8H,1-3H2,(H,10,11). The summed E-state index contributed by atoms with van der Waals surface area (Å²) in [6, 6.07) is 0. The number of rotatable bonds is 4. The third kappa shape index (κ3) is 3.57. The van der Waals surface area contributed by atoms with E-state index in [4.69, 9.17) is 9.84 Å². The molecule has 0 aromatic heterocycles. The lowest BCUT2D eigenvalue weighted by Gasteiger charge is -2.04. The van der Waals surface area contributed by atoms with E-state index < -0.39 is 12.1 Å². The topological polar surface area (TPSA) is 88.2 Å². The Labute approximate surface area is 74.1 Å². The van der Waals surface area contributed by atoms with Gasteiger partial charge >= 0.3 is 12.1 Å². The summed E-state index contributed by atoms with van der Waals surface area (Å²) in [4.78, 5) is 21.0. The van der Waals surface area contributed by atoms with Gasteiger partial charge in [0.25, 0.3) is 0 Å². The number of hydrogen-bond acceptors (Lipinski definition) is 4. The van der Waals surface area contributed by atoms with Crippen molar-refractivity contribution in [3.63, 3.8) is 0 Å². The summed E-state index contributed by atoms with van der Waals surface area (Å²) >= 11 is 0. The molecule has 0 bridgehead atoms. The summed E-state index contributed by atoms with van der Waals surface area (Å²) in [7, 11) is 0. The van der Waals surface area contributed by atoms with Crippen molar-refractivity contribution in [2.75, 3.05) is 13.2 Å². The van der Waals surface area contributed by atoms with Gasteiger partial charge < -0.3 is 14.6 Å². The quantitative estimate of drug-likeness (QED) is 0.358. The van der Waals surface area contributed by atoms with E-state index in [-0.39, 0.29) is 18.4 Å². The third-order valence-corrected chi connectivity index (χ3v) is 1.31. The van der Waals surface area contributed by atoms with E-state index in [2.05, 4.69) is 11.3 Å². The van der Waals surface area contributed by atoms with Gasteiger partial charge in [0, 0.05) is 0 Å². The summed E-state index contributed by atoms with van der Waals surface area (Å²) in [6.45, 7) is 3.90. The van der Waals surface area contributed by atoms with Crippen LogP contribution in [-0.2, 0) is 14.3 Å². The van der Waals surface area contributed by atoms with Crippen molar-refractivity contribution in [1.82, 2.24) is 5.32 Å². The number of ether oxygens (including phenoxy) is 2. The second-order valence-electron chi connectivity index (χ2n) is 2.46. The van der Waals surface area contributed by atoms with Crippen LogP contribution in [0.1, 0.15) is 0 Å². The number of epoxide rings is 1. The number of amides is 1. The van der Waals surface area contributed by atoms with Gasteiger partial charge in [0.05, 0.1) is 6.61 Å². The van der Waals surface area contributed by atoms with Crippen LogP contribution in [0.25, 0.3) is 0 Å². The van der Waals surface area contributed by atoms with E-state index in [1.54, 1.807) is 5.32 Å². The number of carboxylic acid groups (broad SMARTS) is 1. The molecule has 1 aliphatic rings. The molecule has 1 saturated heterocycles. The molecule has 0 aromatic carbocycles. The van der Waals surface area contributed by atoms with Crippen molar-refractivity contribution < 1.29 is 24.2 Å². The molecule has 1 atom stereocenters. The van der Waals surface area contributed by atoms with E-state index in [1.807, 2.05) is 0 Å². The van der Waals surface area contributed by atoms with Crippen molar-refractivity contribution in [3.05, 3.63) is 12.3 Å². The molecular weight excluding hydrogens is 178 g/mol. The second kappa shape index (κ2) is 3.90. The molecule has 1 unspecified atom stereocenters. The third-order valence-electron chi connectivity index (χ3n) is 1.31. The Kier molecular flexibility index (Phi) is 2.86. The monoisotopic (exact) mass is 187 g/mol. The van der Waals surface area contributed by atoms with E-state index >= 15 is 0 Å². The Morgan fingerprint density at radius 3 is 2.77 bits per heavy atom. The van der Waals surface area contributed by atoms with Gasteiger partial charge in [-0.05, 0) is 0 Å². The molecule has 72 valence electrons. The average molecular weight is 187 g/mol. The van der Waals surface area contributed by atoms with E-state index in [9.17, 15) is 9.59 Å². The largest absolute Gasteiger partial charge is 0.465 e. The lowest BCUT2D eigenvalue weighted by atomic mass is 10.5. The predicted octanol–water partition coefficient (Wildman–Crippen LogP) is -0.290. The highest BCUT2D eigenvalue weighted by atomic mass is 16.6. The van der Waals surface area contributed by atoms with Gasteiger partial charge in [-0.25, -0.2) is 9.59 Å². The molecule has 13 heavy (non-hydrogen) atoms. The Bertz CT molecular complexity index is 245. The molecule has 1 aliphatic heterocycles. The lowest BCUT2D eigenvalue weighted by molar-refractivity contribution is -0.139. The molecule has 1 heterocycles. The minimum absolute atomic E-state index is 0.0402. The second-order valence-corrected chi connectivity index (χ2v) is 2.46. The van der Waals surface area contributed by atoms with Crippen molar-refractivity contribution in [1.29, 1.82) is 0 Å². The van der Waals surface area contributed by atoms with Crippen molar-refractivity contribution >= 4 is 12.1 Å². The zero-order valence-corrected chi connectivity index (χ0v) is 6.78. The summed E-state index contributed by atoms with van der Waals surface area (Å²) in [5.74, 6) is -0.780. The van der Waals surface area contributed by atoms with Crippen LogP contribution in [0.5, 0.6) is 0 Å². The zero-order chi connectivity index (χ0) is 9.84. The molecule has 1 rings (SSSR count). The van der Waals surface area contributed by atoms with Gasteiger partial charge in [0.2, 0.25) is 0 Å². The highest BCUT2D eigenvalue weighted by Gasteiger charge is 2.24. The first kappa shape index (κ1) is 9.53. The number of carbonyl (C=O) groups excluding carboxylic acids is 1. The average Bonchev–Trinajstić information content (AvgIpc) is 2.81. The minimum Gasteiger partial charge on any atom is -0.465 e. The Morgan fingerprint density at radius 1 is 1.69 bits per heavy atom. The van der Waals surface area contributed by atoms with Gasteiger partial charge in [-0.3, -0.25) is 5.32 Å². The molecule has 1 amide bonds. The van der Waals surface area contributed by atoms with E-state index in [0.29, 0.717) is 6.61 Å². The Balaban J connectivity index is 2.20. The first-order chi connectivity index (χ1) is 6.09. The minimum atomic E-state index is -1.34. The van der Waals surface area contributed by atoms with Crippen LogP contribution in [0.2, 0.25) is 0 Å². The first-order valence-corrected chi connectivity index (χ1v) is 3.57. The van der Waals surface area contributed by atoms with Crippen molar-refractivity contribution in [2.45, 2.75) is 6.10 Å². The molecule has 2 N–H and O–H groups in total. The molecule has 0 radical (unpaired) electrons. The molecule has 6 nitrogen and oxygen atoms in total. The van der Waals surface area contributed by atoms with E-state index in [1.165, 1.54) is 0 Å². The van der Waals surface area contributed by atoms with Gasteiger partial charge in [0.1, 0.15) is 18.4 Å². The predicted molar refractivity (Wildman–Crippen MR) is 41.0 cm³/mol. The summed E-state index contributed by atoms with van der Waals surface area (Å²) in [5.41, 5.74) is -0.298. The summed E-state index contributed by atoms with van der Waals surface area (Å²) in [6.07, 6.45) is -1.38. The maximum Gasteiger partial charge on any atom is 0.409 e. The van der Waals surface area contributed by atoms with E-state index in [0.717, 1.165) is 0 Å². The maximum absolute atomic E-state index is 10.9. The molecule has 0 aromatic rings. The van der Waals surface area contributed by atoms with Crippen molar-refractivity contribution in [2.24, 2.45) is 0 Å². The highest BCUT2D eigenvalue weighted by molar-refractivity contribution is 5.91. The van der Waals surface area contributed by atoms with Crippen LogP contribution in [0.4, 0.5) is 4.79 Å². The fourth-order valence-electron chi connectivity index (χ4n) is 0.600. The van der Waals surface area contributed by atoms with Crippen LogP contribution in [0, 0.1) is 0 Å². The lowest BCUT2D eigenvalue weighted by Crippen LogP contribution is -2.26. The van der Waals surface area contributed by atoms with Crippen LogP contribution in [-0.4, -0.2) is 36.5 Å². The molecule has 1 fully saturated rings. The smallest absolute Gasteiger partial charge is 0.409 e. The maximum atomic E-state index is 10.9. The number of carbonyl (C=O) groups is 2. The summed E-state index contributed by atoms with van der Waals surface area (Å²) < 4.78 is 9.42. The molecule has 0 saturated carbocycles. The zero-order valence-electron chi connectivity index (χ0n) is 6.78. The summed E-state index contributed by atoms with van der Waals surface area (Å²) in [5, 5.41) is 10.0. The number of nitrogens with one attached hydrogen (secondary N) is 1. The SMILES string of the molecule is C=C(NC(=O)O)C(=O)OCC1CO1.